The fraction of sp³-hybridized carbons (Fsp3) is 0.344. The molecule has 3 aromatic carbocycles. The van der Waals surface area contributed by atoms with Gasteiger partial charge in [0.05, 0.1) is 0 Å². The number of anilines is 2. The summed E-state index contributed by atoms with van der Waals surface area (Å²) in [4.78, 5) is 4.81. The normalized spacial score (nSPS) is 13.4. The van der Waals surface area contributed by atoms with Crippen molar-refractivity contribution >= 4 is 35.4 Å². The zero-order chi connectivity index (χ0) is 27.3. The first-order valence-corrected chi connectivity index (χ1v) is 18.2. The number of hydrogen-bond donors (Lipinski definition) is 0. The Hall–Kier alpha value is -1.80. The van der Waals surface area contributed by atoms with Crippen LogP contribution in [0.3, 0.4) is 0 Å². The van der Waals surface area contributed by atoms with Crippen molar-refractivity contribution in [3.8, 4) is 0 Å². The quantitative estimate of drug-likeness (QED) is 0.207. The third-order valence-corrected chi connectivity index (χ3v) is 8.23. The maximum atomic E-state index is 5.86. The molecule has 37 heavy (non-hydrogen) atoms. The van der Waals surface area contributed by atoms with Crippen molar-refractivity contribution in [3.63, 3.8) is 0 Å². The number of hydrogen-bond acceptors (Lipinski definition) is 2. The molecule has 0 bridgehead atoms. The largest absolute Gasteiger partial charge is 0.502 e. The third-order valence-electron chi connectivity index (χ3n) is 6.40. The molecule has 0 atom stereocenters. The number of halogens is 2. The fourth-order valence-electron chi connectivity index (χ4n) is 5.29. The van der Waals surface area contributed by atoms with Gasteiger partial charge >= 0.3 is 99.1 Å². The summed E-state index contributed by atoms with van der Waals surface area (Å²) < 4.78 is 1.99. The maximum absolute atomic E-state index is 5.86. The summed E-state index contributed by atoms with van der Waals surface area (Å²) in [6, 6.07) is 17.3. The molecule has 0 aliphatic carbocycles. The minimum absolute atomic E-state index is 0.538. The topological polar surface area (TPSA) is 6.48 Å². The molecule has 3 aromatic rings. The van der Waals surface area contributed by atoms with Crippen LogP contribution in [0.4, 0.5) is 11.4 Å². The predicted molar refractivity (Wildman–Crippen MR) is 162 cm³/mol. The summed E-state index contributed by atoms with van der Waals surface area (Å²) in [6.07, 6.45) is 2.22. The van der Waals surface area contributed by atoms with Crippen LogP contribution in [-0.2, 0) is 13.5 Å². The van der Waals surface area contributed by atoms with E-state index in [1.807, 2.05) is 16.7 Å². The van der Waals surface area contributed by atoms with Gasteiger partial charge in [-0.05, 0) is 63.8 Å². The van der Waals surface area contributed by atoms with Crippen molar-refractivity contribution in [2.24, 2.45) is 5.92 Å². The standard InChI is InChI=1S/C21H27N2.C11H13.2ClH.Ru/c1-14-9-16(3)20(17(4)10-14)22-7-8-23(13-22)21-18(5)11-15(2)12-19(21)6;1-9(2)8-11-7-5-4-6-10(11)3;;;/h9-13H,7-8H2,1-6H3;3-9H,1-2H3;2*1H;/q-1;+1;;;+2/p-2. The Morgan fingerprint density at radius 2 is 1.22 bits per heavy atom. The van der Waals surface area contributed by atoms with Crippen LogP contribution < -0.4 is 9.80 Å². The smallest absolute Gasteiger partial charge is 0.0146 e. The second-order valence-corrected chi connectivity index (χ2v) is 16.1. The van der Waals surface area contributed by atoms with Gasteiger partial charge in [-0.15, -0.1) is 0 Å². The average Bonchev–Trinajstić information content (AvgIpc) is 3.22. The van der Waals surface area contributed by atoms with Gasteiger partial charge in [-0.1, -0.05) is 35.4 Å². The summed E-state index contributed by atoms with van der Waals surface area (Å²) in [6.45, 7) is 21.9. The van der Waals surface area contributed by atoms with Gasteiger partial charge in [-0.25, -0.2) is 0 Å². The van der Waals surface area contributed by atoms with Crippen molar-refractivity contribution < 1.29 is 13.5 Å². The molecule has 1 saturated heterocycles. The fourth-order valence-corrected chi connectivity index (χ4v) is 7.14. The van der Waals surface area contributed by atoms with Crippen molar-refractivity contribution in [1.29, 1.82) is 0 Å². The molecule has 0 aromatic heterocycles. The summed E-state index contributed by atoms with van der Waals surface area (Å²) in [5.74, 6) is 0.538. The first-order chi connectivity index (χ1) is 17.5. The van der Waals surface area contributed by atoms with Gasteiger partial charge in [-0.2, -0.15) is 6.67 Å². The van der Waals surface area contributed by atoms with Crippen molar-refractivity contribution in [1.82, 2.24) is 0 Å². The van der Waals surface area contributed by atoms with E-state index in [9.17, 15) is 0 Å². The van der Waals surface area contributed by atoms with Crippen LogP contribution in [0.15, 0.2) is 48.5 Å². The number of rotatable bonds is 5. The van der Waals surface area contributed by atoms with Crippen LogP contribution in [0.1, 0.15) is 58.4 Å². The molecular formula is C32H40Cl2N2Ru. The molecule has 2 nitrogen and oxygen atoms in total. The predicted octanol–water partition coefficient (Wildman–Crippen LogP) is 8.95. The summed E-state index contributed by atoms with van der Waals surface area (Å²) in [7, 11) is 11.7. The van der Waals surface area contributed by atoms with E-state index in [-0.39, 0.29) is 0 Å². The third kappa shape index (κ3) is 8.09. The van der Waals surface area contributed by atoms with Crippen LogP contribution in [0.25, 0.3) is 0 Å². The van der Waals surface area contributed by atoms with Gasteiger partial charge in [0.1, 0.15) is 0 Å². The molecule has 0 radical (unpaired) electrons. The van der Waals surface area contributed by atoms with Crippen molar-refractivity contribution in [2.75, 3.05) is 22.9 Å². The molecule has 0 N–H and O–H groups in total. The molecule has 1 aliphatic rings. The van der Waals surface area contributed by atoms with Crippen molar-refractivity contribution in [2.45, 2.75) is 55.4 Å². The molecule has 4 rings (SSSR count). The van der Waals surface area contributed by atoms with E-state index >= 15 is 0 Å². The molecule has 1 fully saturated rings. The van der Waals surface area contributed by atoms with Gasteiger partial charge in [0.15, 0.2) is 0 Å². The van der Waals surface area contributed by atoms with E-state index in [0.29, 0.717) is 5.92 Å². The molecule has 1 heterocycles. The van der Waals surface area contributed by atoms with Gasteiger partial charge in [0.2, 0.25) is 0 Å². The van der Waals surface area contributed by atoms with Crippen LogP contribution in [-0.4, -0.2) is 17.7 Å². The molecule has 0 amide bonds. The summed E-state index contributed by atoms with van der Waals surface area (Å²) in [5.41, 5.74) is 13.2. The van der Waals surface area contributed by atoms with E-state index in [2.05, 4.69) is 115 Å². The van der Waals surface area contributed by atoms with Crippen LogP contribution in [0, 0.1) is 60.5 Å². The van der Waals surface area contributed by atoms with Crippen LogP contribution in [0.5, 0.6) is 0 Å². The van der Waals surface area contributed by atoms with Gasteiger partial charge in [0, 0.05) is 24.5 Å². The molecule has 200 valence electrons. The van der Waals surface area contributed by atoms with E-state index < -0.39 is 13.5 Å². The SMILES string of the molecule is CC(C)[CH+]c1ccccc1[CH]=[Ru]([Cl])[Cl].Cc1cc(C)c(N2[CH-]N(c3c(C)cc(C)cc3C)CC2)c(C)c1. The Morgan fingerprint density at radius 1 is 0.784 bits per heavy atom. The summed E-state index contributed by atoms with van der Waals surface area (Å²) in [5, 5.41) is 0. The summed E-state index contributed by atoms with van der Waals surface area (Å²) >= 11 is -1.71. The second-order valence-electron chi connectivity index (χ2n) is 10.3. The van der Waals surface area contributed by atoms with Crippen LogP contribution in [0.2, 0.25) is 0 Å². The first kappa shape index (κ1) is 29.8. The minimum atomic E-state index is -1.71. The zero-order valence-electron chi connectivity index (χ0n) is 23.3. The second kappa shape index (κ2) is 13.3. The zero-order valence-corrected chi connectivity index (χ0v) is 26.6. The van der Waals surface area contributed by atoms with Crippen LogP contribution >= 0.6 is 19.4 Å². The molecule has 0 spiro atoms. The number of aryl methyl sites for hydroxylation is 6. The minimum Gasteiger partial charge on any atom is -0.502 e. The maximum Gasteiger partial charge on any atom is 0.0146 e. The Bertz CT molecular complexity index is 1150. The Balaban J connectivity index is 0.000000233. The van der Waals surface area contributed by atoms with E-state index in [0.717, 1.165) is 18.7 Å². The Morgan fingerprint density at radius 3 is 1.62 bits per heavy atom. The Kier molecular flexibility index (Phi) is 10.7. The van der Waals surface area contributed by atoms with E-state index in [1.165, 1.54) is 50.3 Å². The van der Waals surface area contributed by atoms with E-state index in [4.69, 9.17) is 19.4 Å². The molecular weight excluding hydrogens is 584 g/mol. The Labute approximate surface area is 238 Å². The molecule has 0 unspecified atom stereocenters. The monoisotopic (exact) mass is 624 g/mol. The van der Waals surface area contributed by atoms with Gasteiger partial charge in [0.25, 0.3) is 0 Å². The van der Waals surface area contributed by atoms with E-state index in [1.54, 1.807) is 0 Å². The first-order valence-electron chi connectivity index (χ1n) is 12.8. The molecule has 1 aliphatic heterocycles. The van der Waals surface area contributed by atoms with Gasteiger partial charge in [-0.3, -0.25) is 0 Å². The number of benzene rings is 3. The number of nitrogens with zero attached hydrogens (tertiary/aromatic N) is 2. The molecule has 0 saturated carbocycles. The van der Waals surface area contributed by atoms with Crippen molar-refractivity contribution in [3.05, 3.63) is 106 Å². The van der Waals surface area contributed by atoms with Gasteiger partial charge < -0.3 is 9.80 Å². The molecule has 5 heteroatoms. The average molecular weight is 625 g/mol.